The van der Waals surface area contributed by atoms with Gasteiger partial charge in [0.05, 0.1) is 5.69 Å². The highest BCUT2D eigenvalue weighted by Gasteiger charge is 2.18. The van der Waals surface area contributed by atoms with E-state index in [9.17, 15) is 5.11 Å². The molecule has 100 valence electrons. The van der Waals surface area contributed by atoms with Crippen LogP contribution in [-0.4, -0.2) is 14.7 Å². The summed E-state index contributed by atoms with van der Waals surface area (Å²) in [5, 5.41) is 11.1. The molecule has 19 heavy (non-hydrogen) atoms. The van der Waals surface area contributed by atoms with Crippen molar-refractivity contribution in [2.75, 3.05) is 0 Å². The van der Waals surface area contributed by atoms with Crippen molar-refractivity contribution in [1.82, 2.24) is 9.55 Å². The number of benzene rings is 1. The highest BCUT2D eigenvalue weighted by molar-refractivity contribution is 6.30. The average molecular weight is 277 g/mol. The van der Waals surface area contributed by atoms with Gasteiger partial charge in [-0.25, -0.2) is 4.98 Å². The normalized spacial score (nSPS) is 13.1. The highest BCUT2D eigenvalue weighted by Crippen LogP contribution is 2.25. The molecule has 2 aromatic rings. The van der Waals surface area contributed by atoms with Crippen LogP contribution in [-0.2, 0) is 0 Å². The van der Waals surface area contributed by atoms with Gasteiger partial charge in [0.1, 0.15) is 11.9 Å². The van der Waals surface area contributed by atoms with Crippen LogP contribution in [0.2, 0.25) is 5.02 Å². The van der Waals surface area contributed by atoms with Crippen molar-refractivity contribution >= 4 is 17.8 Å². The van der Waals surface area contributed by atoms with E-state index < -0.39 is 6.10 Å². The lowest BCUT2D eigenvalue weighted by Crippen LogP contribution is -2.07. The molecule has 1 N–H and O–H groups in total. The zero-order chi connectivity index (χ0) is 14.0. The predicted octanol–water partition coefficient (Wildman–Crippen LogP) is 3.73. The van der Waals surface area contributed by atoms with Crippen LogP contribution in [0.5, 0.6) is 0 Å². The first-order valence-corrected chi connectivity index (χ1v) is 6.54. The van der Waals surface area contributed by atoms with Crippen molar-refractivity contribution < 1.29 is 5.11 Å². The minimum Gasteiger partial charge on any atom is -0.380 e. The Labute approximate surface area is 118 Å². The Balaban J connectivity index is 2.46. The average Bonchev–Trinajstić information content (AvgIpc) is 2.68. The van der Waals surface area contributed by atoms with Crippen LogP contribution in [0, 0.1) is 13.8 Å². The highest BCUT2D eigenvalue weighted by atomic mass is 35.5. The number of rotatable bonds is 3. The maximum atomic E-state index is 10.5. The Kier molecular flexibility index (Phi) is 4.08. The summed E-state index contributed by atoms with van der Waals surface area (Å²) >= 11 is 5.86. The van der Waals surface area contributed by atoms with Crippen molar-refractivity contribution in [3.8, 4) is 0 Å². The van der Waals surface area contributed by atoms with Gasteiger partial charge in [0.15, 0.2) is 0 Å². The summed E-state index contributed by atoms with van der Waals surface area (Å²) in [5.74, 6) is 0.621. The van der Waals surface area contributed by atoms with E-state index in [1.165, 1.54) is 0 Å². The molecule has 0 spiro atoms. The van der Waals surface area contributed by atoms with Crippen LogP contribution in [0.3, 0.4) is 0 Å². The molecule has 1 aromatic carbocycles. The number of hydrogen-bond donors (Lipinski definition) is 1. The molecule has 1 aromatic heterocycles. The standard InChI is InChI=1S/C15H17ClN2O/c1-4-9-18-11(3)10(2)17-15(18)14(19)12-5-7-13(16)8-6-12/h4-9,14,19H,1-3H3. The summed E-state index contributed by atoms with van der Waals surface area (Å²) in [7, 11) is 0. The Morgan fingerprint density at radius 2 is 1.89 bits per heavy atom. The number of aromatic nitrogens is 2. The molecular formula is C15H17ClN2O. The number of imidazole rings is 1. The monoisotopic (exact) mass is 276 g/mol. The largest absolute Gasteiger partial charge is 0.380 e. The van der Waals surface area contributed by atoms with Crippen LogP contribution in [0.15, 0.2) is 30.3 Å². The molecule has 1 heterocycles. The van der Waals surface area contributed by atoms with E-state index in [1.54, 1.807) is 12.1 Å². The maximum Gasteiger partial charge on any atom is 0.146 e. The van der Waals surface area contributed by atoms with Crippen molar-refractivity contribution in [2.24, 2.45) is 0 Å². The maximum absolute atomic E-state index is 10.5. The first-order chi connectivity index (χ1) is 9.04. The number of nitrogens with zero attached hydrogens (tertiary/aromatic N) is 2. The van der Waals surface area contributed by atoms with E-state index >= 15 is 0 Å². The summed E-state index contributed by atoms with van der Waals surface area (Å²) in [5.41, 5.74) is 2.72. The second-order valence-corrected chi connectivity index (χ2v) is 4.88. The van der Waals surface area contributed by atoms with Gasteiger partial charge in [0.25, 0.3) is 0 Å². The van der Waals surface area contributed by atoms with Gasteiger partial charge in [-0.1, -0.05) is 29.8 Å². The zero-order valence-electron chi connectivity index (χ0n) is 11.3. The van der Waals surface area contributed by atoms with Crippen LogP contribution < -0.4 is 0 Å². The molecule has 3 nitrogen and oxygen atoms in total. The summed E-state index contributed by atoms with van der Waals surface area (Å²) < 4.78 is 1.91. The third-order valence-corrected chi connectivity index (χ3v) is 3.39. The Bertz CT molecular complexity index is 599. The van der Waals surface area contributed by atoms with E-state index in [0.717, 1.165) is 17.0 Å². The summed E-state index contributed by atoms with van der Waals surface area (Å²) in [6.07, 6.45) is 3.07. The molecule has 0 radical (unpaired) electrons. The van der Waals surface area contributed by atoms with Crippen LogP contribution in [0.4, 0.5) is 0 Å². The summed E-state index contributed by atoms with van der Waals surface area (Å²) in [6, 6.07) is 7.16. The quantitative estimate of drug-likeness (QED) is 0.928. The van der Waals surface area contributed by atoms with Gasteiger partial charge in [-0.3, -0.25) is 0 Å². The van der Waals surface area contributed by atoms with Gasteiger partial charge >= 0.3 is 0 Å². The lowest BCUT2D eigenvalue weighted by atomic mass is 10.1. The number of aryl methyl sites for hydroxylation is 1. The van der Waals surface area contributed by atoms with Crippen LogP contribution in [0.25, 0.3) is 6.20 Å². The molecule has 2 rings (SSSR count). The van der Waals surface area contributed by atoms with E-state index in [1.807, 2.05) is 49.7 Å². The van der Waals surface area contributed by atoms with Gasteiger partial charge in [0.2, 0.25) is 0 Å². The van der Waals surface area contributed by atoms with Gasteiger partial charge in [0, 0.05) is 16.9 Å². The van der Waals surface area contributed by atoms with Crippen molar-refractivity contribution in [3.05, 3.63) is 58.1 Å². The van der Waals surface area contributed by atoms with Crippen LogP contribution in [0.1, 0.15) is 35.8 Å². The molecule has 0 amide bonds. The number of allylic oxidation sites excluding steroid dienone is 1. The fourth-order valence-corrected chi connectivity index (χ4v) is 2.10. The Morgan fingerprint density at radius 3 is 2.47 bits per heavy atom. The molecule has 1 atom stereocenters. The Morgan fingerprint density at radius 1 is 1.26 bits per heavy atom. The molecule has 4 heteroatoms. The molecule has 1 unspecified atom stereocenters. The first-order valence-electron chi connectivity index (χ1n) is 6.16. The lowest BCUT2D eigenvalue weighted by molar-refractivity contribution is 0.208. The SMILES string of the molecule is CC=Cn1c(C(O)c2ccc(Cl)cc2)nc(C)c1C. The fraction of sp³-hybridized carbons (Fsp3) is 0.267. The second-order valence-electron chi connectivity index (χ2n) is 4.45. The number of aliphatic hydroxyl groups is 1. The van der Waals surface area contributed by atoms with Gasteiger partial charge in [-0.05, 0) is 38.5 Å². The molecule has 0 saturated heterocycles. The minimum absolute atomic E-state index is 0.621. The van der Waals surface area contributed by atoms with Gasteiger partial charge < -0.3 is 9.67 Å². The molecule has 0 saturated carbocycles. The molecule has 0 aliphatic rings. The van der Waals surface area contributed by atoms with Gasteiger partial charge in [-0.2, -0.15) is 0 Å². The number of aliphatic hydroxyl groups excluding tert-OH is 1. The first kappa shape index (κ1) is 13.8. The summed E-state index contributed by atoms with van der Waals surface area (Å²) in [6.45, 7) is 5.86. The van der Waals surface area contributed by atoms with E-state index in [2.05, 4.69) is 4.98 Å². The smallest absolute Gasteiger partial charge is 0.146 e. The van der Waals surface area contributed by atoms with Crippen molar-refractivity contribution in [3.63, 3.8) is 0 Å². The fourth-order valence-electron chi connectivity index (χ4n) is 1.98. The third kappa shape index (κ3) is 2.72. The summed E-state index contributed by atoms with van der Waals surface area (Å²) in [4.78, 5) is 4.46. The van der Waals surface area contributed by atoms with E-state index in [0.29, 0.717) is 10.8 Å². The van der Waals surface area contributed by atoms with Crippen LogP contribution >= 0.6 is 11.6 Å². The molecule has 0 bridgehead atoms. The molecular weight excluding hydrogens is 260 g/mol. The van der Waals surface area contributed by atoms with Crippen molar-refractivity contribution in [2.45, 2.75) is 26.9 Å². The number of halogens is 1. The predicted molar refractivity (Wildman–Crippen MR) is 78.2 cm³/mol. The molecule has 0 aliphatic heterocycles. The van der Waals surface area contributed by atoms with E-state index in [-0.39, 0.29) is 0 Å². The van der Waals surface area contributed by atoms with Crippen molar-refractivity contribution in [1.29, 1.82) is 0 Å². The van der Waals surface area contributed by atoms with Gasteiger partial charge in [-0.15, -0.1) is 0 Å². The number of hydrogen-bond acceptors (Lipinski definition) is 2. The topological polar surface area (TPSA) is 38.0 Å². The lowest BCUT2D eigenvalue weighted by Gasteiger charge is -2.12. The minimum atomic E-state index is -0.763. The zero-order valence-corrected chi connectivity index (χ0v) is 12.0. The van der Waals surface area contributed by atoms with E-state index in [4.69, 9.17) is 11.6 Å². The molecule has 0 fully saturated rings. The second kappa shape index (κ2) is 5.59. The molecule has 0 aliphatic carbocycles. The third-order valence-electron chi connectivity index (χ3n) is 3.14. The Hall–Kier alpha value is -1.58.